The van der Waals surface area contributed by atoms with Crippen LogP contribution >= 0.6 is 0 Å². The van der Waals surface area contributed by atoms with Crippen molar-refractivity contribution in [3.63, 3.8) is 0 Å². The molecule has 0 atom stereocenters. The fraction of sp³-hybridized carbons (Fsp3) is 0.263. The number of rotatable bonds is 4. The lowest BCUT2D eigenvalue weighted by atomic mass is 10.0. The van der Waals surface area contributed by atoms with Gasteiger partial charge in [0.15, 0.2) is 0 Å². The van der Waals surface area contributed by atoms with E-state index < -0.39 is 29.0 Å². The summed E-state index contributed by atoms with van der Waals surface area (Å²) in [7, 11) is 0. The first-order chi connectivity index (χ1) is 12.2. The first kappa shape index (κ1) is 18.0. The minimum absolute atomic E-state index is 0.0137. The summed E-state index contributed by atoms with van der Waals surface area (Å²) in [5, 5.41) is 5.17. The van der Waals surface area contributed by atoms with Gasteiger partial charge in [-0.1, -0.05) is 24.3 Å². The topological polar surface area (TPSA) is 58.2 Å². The van der Waals surface area contributed by atoms with Crippen molar-refractivity contribution in [3.05, 3.63) is 59.7 Å². The first-order valence-corrected chi connectivity index (χ1v) is 8.08. The third kappa shape index (κ3) is 3.56. The van der Waals surface area contributed by atoms with Crippen LogP contribution in [-0.4, -0.2) is 11.8 Å². The Balaban J connectivity index is 1.73. The van der Waals surface area contributed by atoms with Crippen molar-refractivity contribution < 1.29 is 22.8 Å². The van der Waals surface area contributed by atoms with E-state index in [2.05, 4.69) is 10.6 Å². The van der Waals surface area contributed by atoms with Crippen molar-refractivity contribution >= 4 is 23.2 Å². The van der Waals surface area contributed by atoms with Gasteiger partial charge in [-0.3, -0.25) is 9.59 Å². The number of halogens is 3. The van der Waals surface area contributed by atoms with Crippen LogP contribution in [0.2, 0.25) is 0 Å². The maximum atomic E-state index is 12.8. The molecule has 0 unspecified atom stereocenters. The predicted octanol–water partition coefficient (Wildman–Crippen LogP) is 4.37. The summed E-state index contributed by atoms with van der Waals surface area (Å²) in [6.07, 6.45) is -3.79. The number of alkyl halides is 3. The van der Waals surface area contributed by atoms with Gasteiger partial charge in [0.2, 0.25) is 11.8 Å². The molecule has 136 valence electrons. The Morgan fingerprint density at radius 1 is 0.962 bits per heavy atom. The molecule has 0 spiro atoms. The van der Waals surface area contributed by atoms with Crippen molar-refractivity contribution in [2.24, 2.45) is 5.41 Å². The molecule has 2 N–H and O–H groups in total. The summed E-state index contributed by atoms with van der Waals surface area (Å²) in [5.41, 5.74) is -0.619. The van der Waals surface area contributed by atoms with Crippen molar-refractivity contribution in [2.75, 3.05) is 10.6 Å². The van der Waals surface area contributed by atoms with Gasteiger partial charge >= 0.3 is 6.18 Å². The monoisotopic (exact) mass is 362 g/mol. The number of benzene rings is 2. The molecule has 0 radical (unpaired) electrons. The summed E-state index contributed by atoms with van der Waals surface area (Å²) in [4.78, 5) is 25.1. The molecule has 2 aromatic rings. The van der Waals surface area contributed by atoms with Gasteiger partial charge in [-0.2, -0.15) is 13.2 Å². The van der Waals surface area contributed by atoms with Gasteiger partial charge in [0.25, 0.3) is 0 Å². The van der Waals surface area contributed by atoms with Gasteiger partial charge in [-0.25, -0.2) is 0 Å². The van der Waals surface area contributed by atoms with Crippen LogP contribution in [0.1, 0.15) is 24.0 Å². The molecule has 0 heterocycles. The molecule has 0 aromatic heterocycles. The maximum Gasteiger partial charge on any atom is 0.416 e. The van der Waals surface area contributed by atoms with E-state index in [0.29, 0.717) is 18.5 Å². The van der Waals surface area contributed by atoms with Crippen LogP contribution in [0, 0.1) is 12.3 Å². The quantitative estimate of drug-likeness (QED) is 0.794. The Morgan fingerprint density at radius 2 is 1.62 bits per heavy atom. The molecule has 2 aromatic carbocycles. The molecule has 7 heteroatoms. The molecule has 0 aliphatic heterocycles. The van der Waals surface area contributed by atoms with E-state index in [-0.39, 0.29) is 5.69 Å². The maximum absolute atomic E-state index is 12.8. The van der Waals surface area contributed by atoms with E-state index in [1.807, 2.05) is 19.1 Å². The highest BCUT2D eigenvalue weighted by molar-refractivity contribution is 6.17. The second-order valence-electron chi connectivity index (χ2n) is 6.38. The van der Waals surface area contributed by atoms with Gasteiger partial charge < -0.3 is 10.6 Å². The molecule has 1 aliphatic rings. The number of nitrogens with one attached hydrogen (secondary N) is 2. The van der Waals surface area contributed by atoms with Crippen LogP contribution in [0.25, 0.3) is 0 Å². The highest BCUT2D eigenvalue weighted by atomic mass is 19.4. The van der Waals surface area contributed by atoms with Crippen molar-refractivity contribution in [3.8, 4) is 0 Å². The van der Waals surface area contributed by atoms with Crippen LogP contribution < -0.4 is 10.6 Å². The third-order valence-corrected chi connectivity index (χ3v) is 4.46. The minimum Gasteiger partial charge on any atom is -0.325 e. The number of amides is 2. The zero-order chi connectivity index (χ0) is 18.9. The molecule has 1 aliphatic carbocycles. The smallest absolute Gasteiger partial charge is 0.325 e. The standard InChI is InChI=1S/C19H17F3N2O2/c1-12-5-2-3-8-15(12)24-17(26)18(9-10-18)16(25)23-14-7-4-6-13(11-14)19(20,21)22/h2-8,11H,9-10H2,1H3,(H,23,25)(H,24,26). The zero-order valence-electron chi connectivity index (χ0n) is 14.0. The van der Waals surface area contributed by atoms with Crippen LogP contribution in [0.4, 0.5) is 24.5 Å². The molecule has 0 bridgehead atoms. The van der Waals surface area contributed by atoms with Crippen LogP contribution in [0.5, 0.6) is 0 Å². The summed E-state index contributed by atoms with van der Waals surface area (Å²) in [6, 6.07) is 11.5. The second-order valence-corrected chi connectivity index (χ2v) is 6.38. The SMILES string of the molecule is Cc1ccccc1NC(=O)C1(C(=O)Nc2cccc(C(F)(F)F)c2)CC1. The molecule has 26 heavy (non-hydrogen) atoms. The van der Waals surface area contributed by atoms with E-state index in [1.165, 1.54) is 12.1 Å². The summed E-state index contributed by atoms with van der Waals surface area (Å²) in [5.74, 6) is -1.04. The van der Waals surface area contributed by atoms with Gasteiger partial charge in [0.05, 0.1) is 5.56 Å². The van der Waals surface area contributed by atoms with E-state index in [0.717, 1.165) is 17.7 Å². The van der Waals surface area contributed by atoms with Crippen molar-refractivity contribution in [1.29, 1.82) is 0 Å². The third-order valence-electron chi connectivity index (χ3n) is 4.46. The molecule has 1 saturated carbocycles. The number of carbonyl (C=O) groups excluding carboxylic acids is 2. The lowest BCUT2D eigenvalue weighted by Gasteiger charge is -2.17. The molecule has 0 saturated heterocycles. The normalized spacial score (nSPS) is 15.2. The summed E-state index contributed by atoms with van der Waals surface area (Å²) < 4.78 is 38.3. The molecular formula is C19H17F3N2O2. The lowest BCUT2D eigenvalue weighted by Crippen LogP contribution is -2.35. The fourth-order valence-corrected chi connectivity index (χ4v) is 2.66. The van der Waals surface area contributed by atoms with Crippen LogP contribution in [0.15, 0.2) is 48.5 Å². The highest BCUT2D eigenvalue weighted by Crippen LogP contribution is 2.47. The van der Waals surface area contributed by atoms with Crippen molar-refractivity contribution in [2.45, 2.75) is 25.9 Å². The van der Waals surface area contributed by atoms with Gasteiger partial charge in [-0.15, -0.1) is 0 Å². The highest BCUT2D eigenvalue weighted by Gasteiger charge is 2.56. The lowest BCUT2D eigenvalue weighted by molar-refractivity contribution is -0.137. The number of hydrogen-bond donors (Lipinski definition) is 2. The molecular weight excluding hydrogens is 345 g/mol. The minimum atomic E-state index is -4.50. The average molecular weight is 362 g/mol. The van der Waals surface area contributed by atoms with E-state index in [4.69, 9.17) is 0 Å². The van der Waals surface area contributed by atoms with Gasteiger partial charge in [0.1, 0.15) is 5.41 Å². The Bertz CT molecular complexity index is 858. The summed E-state index contributed by atoms with van der Waals surface area (Å²) >= 11 is 0. The van der Waals surface area contributed by atoms with Crippen molar-refractivity contribution in [1.82, 2.24) is 0 Å². The van der Waals surface area contributed by atoms with Crippen LogP contribution in [0.3, 0.4) is 0 Å². The molecule has 2 amide bonds. The Hall–Kier alpha value is -2.83. The predicted molar refractivity (Wildman–Crippen MR) is 91.5 cm³/mol. The Kier molecular flexibility index (Phi) is 4.48. The number of hydrogen-bond acceptors (Lipinski definition) is 2. The summed E-state index contributed by atoms with van der Waals surface area (Å²) in [6.45, 7) is 1.83. The van der Waals surface area contributed by atoms with Crippen LogP contribution in [-0.2, 0) is 15.8 Å². The number of carbonyl (C=O) groups is 2. The zero-order valence-corrected chi connectivity index (χ0v) is 14.0. The van der Waals surface area contributed by atoms with E-state index in [9.17, 15) is 22.8 Å². The van der Waals surface area contributed by atoms with Gasteiger partial charge in [0, 0.05) is 11.4 Å². The first-order valence-electron chi connectivity index (χ1n) is 8.08. The Morgan fingerprint density at radius 3 is 2.23 bits per heavy atom. The second kappa shape index (κ2) is 6.48. The Labute approximate surface area is 148 Å². The van der Waals surface area contributed by atoms with E-state index in [1.54, 1.807) is 12.1 Å². The largest absolute Gasteiger partial charge is 0.416 e. The van der Waals surface area contributed by atoms with E-state index >= 15 is 0 Å². The van der Waals surface area contributed by atoms with Gasteiger partial charge in [-0.05, 0) is 49.6 Å². The number of anilines is 2. The molecule has 4 nitrogen and oxygen atoms in total. The average Bonchev–Trinajstić information content (AvgIpc) is 3.38. The molecule has 3 rings (SSSR count). The molecule has 1 fully saturated rings. The number of para-hydroxylation sites is 1. The fourth-order valence-electron chi connectivity index (χ4n) is 2.66. The number of aryl methyl sites for hydroxylation is 1.